The molecular weight excluding hydrogens is 220 g/mol. The summed E-state index contributed by atoms with van der Waals surface area (Å²) in [6.45, 7) is 5.01. The molecule has 0 saturated carbocycles. The summed E-state index contributed by atoms with van der Waals surface area (Å²) >= 11 is 1.64. The Bertz CT molecular complexity index is 479. The number of nitrogens with zero attached hydrogens (tertiary/aromatic N) is 1. The van der Waals surface area contributed by atoms with Gasteiger partial charge in [-0.2, -0.15) is 0 Å². The fourth-order valence-electron chi connectivity index (χ4n) is 1.36. The van der Waals surface area contributed by atoms with Crippen LogP contribution in [-0.2, 0) is 0 Å². The van der Waals surface area contributed by atoms with Crippen molar-refractivity contribution >= 4 is 27.2 Å². The monoisotopic (exact) mass is 236 g/mol. The average molecular weight is 236 g/mol. The van der Waals surface area contributed by atoms with E-state index in [-0.39, 0.29) is 12.0 Å². The van der Waals surface area contributed by atoms with E-state index in [0.717, 1.165) is 17.7 Å². The van der Waals surface area contributed by atoms with Gasteiger partial charge in [-0.3, -0.25) is 0 Å². The van der Waals surface area contributed by atoms with Crippen molar-refractivity contribution < 1.29 is 5.11 Å². The lowest BCUT2D eigenvalue weighted by atomic mass is 9.95. The highest BCUT2D eigenvalue weighted by Gasteiger charge is 2.15. The zero-order valence-corrected chi connectivity index (χ0v) is 10.3. The first-order valence-electron chi connectivity index (χ1n) is 5.29. The lowest BCUT2D eigenvalue weighted by molar-refractivity contribution is 0.171. The summed E-state index contributed by atoms with van der Waals surface area (Å²) in [5.74, 6) is 0. The zero-order chi connectivity index (χ0) is 11.6. The Morgan fingerprint density at radius 1 is 1.44 bits per heavy atom. The number of hydrogen-bond acceptors (Lipinski definition) is 4. The molecule has 2 rings (SSSR count). The van der Waals surface area contributed by atoms with Crippen LogP contribution in [0.15, 0.2) is 23.7 Å². The zero-order valence-electron chi connectivity index (χ0n) is 9.53. The lowest BCUT2D eigenvalue weighted by Gasteiger charge is -2.22. The summed E-state index contributed by atoms with van der Waals surface area (Å²) in [7, 11) is 0. The van der Waals surface area contributed by atoms with E-state index in [4.69, 9.17) is 5.11 Å². The minimum absolute atomic E-state index is 0.0946. The molecule has 0 radical (unpaired) electrons. The molecule has 0 spiro atoms. The first-order valence-corrected chi connectivity index (χ1v) is 6.17. The SMILES string of the molecule is CC(C)(CO)CNc1ccc2ncsc2c1. The van der Waals surface area contributed by atoms with Gasteiger partial charge in [-0.05, 0) is 18.2 Å². The van der Waals surface area contributed by atoms with Gasteiger partial charge < -0.3 is 10.4 Å². The predicted octanol–water partition coefficient (Wildman–Crippen LogP) is 2.73. The van der Waals surface area contributed by atoms with E-state index in [1.807, 2.05) is 31.5 Å². The first kappa shape index (κ1) is 11.4. The molecule has 1 aromatic carbocycles. The fraction of sp³-hybridized carbons (Fsp3) is 0.417. The number of thiazole rings is 1. The van der Waals surface area contributed by atoms with Crippen LogP contribution in [0.1, 0.15) is 13.8 Å². The molecule has 0 atom stereocenters. The van der Waals surface area contributed by atoms with Gasteiger partial charge in [-0.15, -0.1) is 11.3 Å². The number of rotatable bonds is 4. The van der Waals surface area contributed by atoms with E-state index >= 15 is 0 Å². The maximum Gasteiger partial charge on any atom is 0.0813 e. The molecule has 2 N–H and O–H groups in total. The molecule has 0 amide bonds. The van der Waals surface area contributed by atoms with Crippen LogP contribution in [0.3, 0.4) is 0 Å². The van der Waals surface area contributed by atoms with E-state index in [2.05, 4.69) is 16.4 Å². The molecule has 2 aromatic rings. The van der Waals surface area contributed by atoms with Crippen LogP contribution in [0.4, 0.5) is 5.69 Å². The molecular formula is C12H16N2OS. The Labute approximate surface area is 99.1 Å². The number of hydrogen-bond donors (Lipinski definition) is 2. The molecule has 16 heavy (non-hydrogen) atoms. The van der Waals surface area contributed by atoms with Crippen LogP contribution in [0.2, 0.25) is 0 Å². The molecule has 0 fully saturated rings. The number of fused-ring (bicyclic) bond motifs is 1. The molecule has 0 saturated heterocycles. The molecule has 0 unspecified atom stereocenters. The van der Waals surface area contributed by atoms with Gasteiger partial charge >= 0.3 is 0 Å². The van der Waals surface area contributed by atoms with Crippen molar-refractivity contribution in [2.24, 2.45) is 5.41 Å². The minimum atomic E-state index is -0.0946. The summed E-state index contributed by atoms with van der Waals surface area (Å²) < 4.78 is 1.19. The van der Waals surface area contributed by atoms with Crippen LogP contribution in [0, 0.1) is 5.41 Å². The summed E-state index contributed by atoms with van der Waals surface area (Å²) in [6, 6.07) is 6.13. The molecule has 0 aliphatic rings. The van der Waals surface area contributed by atoms with Gasteiger partial charge in [0.05, 0.1) is 15.7 Å². The van der Waals surface area contributed by atoms with E-state index in [9.17, 15) is 0 Å². The average Bonchev–Trinajstić information content (AvgIpc) is 2.73. The predicted molar refractivity (Wildman–Crippen MR) is 69.0 cm³/mol. The Kier molecular flexibility index (Phi) is 3.12. The summed E-state index contributed by atoms with van der Waals surface area (Å²) in [5, 5.41) is 12.5. The van der Waals surface area contributed by atoms with Gasteiger partial charge in [0.2, 0.25) is 0 Å². The van der Waals surface area contributed by atoms with Crippen molar-refractivity contribution in [3.63, 3.8) is 0 Å². The van der Waals surface area contributed by atoms with Gasteiger partial charge in [0.25, 0.3) is 0 Å². The third kappa shape index (κ3) is 2.51. The topological polar surface area (TPSA) is 45.1 Å². The van der Waals surface area contributed by atoms with Crippen molar-refractivity contribution in [2.75, 3.05) is 18.5 Å². The molecule has 4 heteroatoms. The van der Waals surface area contributed by atoms with Gasteiger partial charge in [0.1, 0.15) is 0 Å². The van der Waals surface area contributed by atoms with Gasteiger partial charge in [-0.25, -0.2) is 4.98 Å². The number of aliphatic hydroxyl groups excluding tert-OH is 1. The number of nitrogens with one attached hydrogen (secondary N) is 1. The van der Waals surface area contributed by atoms with E-state index < -0.39 is 0 Å². The Hall–Kier alpha value is -1.13. The van der Waals surface area contributed by atoms with Crippen molar-refractivity contribution in [3.8, 4) is 0 Å². The number of anilines is 1. The highest BCUT2D eigenvalue weighted by molar-refractivity contribution is 7.16. The summed E-state index contributed by atoms with van der Waals surface area (Å²) in [4.78, 5) is 4.24. The second kappa shape index (κ2) is 4.39. The standard InChI is InChI=1S/C12H16N2OS/c1-12(2,7-15)6-13-9-3-4-10-11(5-9)16-8-14-10/h3-5,8,13,15H,6-7H2,1-2H3. The number of aromatic nitrogens is 1. The van der Waals surface area contributed by atoms with Crippen LogP contribution in [-0.4, -0.2) is 23.2 Å². The lowest BCUT2D eigenvalue weighted by Crippen LogP contribution is -2.26. The smallest absolute Gasteiger partial charge is 0.0813 e. The summed E-state index contributed by atoms with van der Waals surface area (Å²) in [5.41, 5.74) is 3.88. The normalized spacial score (nSPS) is 11.9. The molecule has 0 aliphatic heterocycles. The van der Waals surface area contributed by atoms with Gasteiger partial charge in [-0.1, -0.05) is 13.8 Å². The van der Waals surface area contributed by atoms with Crippen LogP contribution in [0.25, 0.3) is 10.2 Å². The largest absolute Gasteiger partial charge is 0.396 e. The first-order chi connectivity index (χ1) is 7.61. The number of aliphatic hydroxyl groups is 1. The van der Waals surface area contributed by atoms with Crippen LogP contribution < -0.4 is 5.32 Å². The van der Waals surface area contributed by atoms with E-state index in [1.54, 1.807) is 11.3 Å². The van der Waals surface area contributed by atoms with Crippen molar-refractivity contribution in [1.29, 1.82) is 0 Å². The molecule has 0 aliphatic carbocycles. The quantitative estimate of drug-likeness (QED) is 0.858. The molecule has 3 nitrogen and oxygen atoms in total. The van der Waals surface area contributed by atoms with Crippen molar-refractivity contribution in [2.45, 2.75) is 13.8 Å². The maximum atomic E-state index is 9.16. The molecule has 86 valence electrons. The van der Waals surface area contributed by atoms with Gasteiger partial charge in [0.15, 0.2) is 0 Å². The molecule has 1 heterocycles. The maximum absolute atomic E-state index is 9.16. The highest BCUT2D eigenvalue weighted by atomic mass is 32.1. The highest BCUT2D eigenvalue weighted by Crippen LogP contribution is 2.23. The van der Waals surface area contributed by atoms with E-state index in [1.165, 1.54) is 4.70 Å². The second-order valence-corrected chi connectivity index (χ2v) is 5.60. The Morgan fingerprint density at radius 3 is 3.00 bits per heavy atom. The minimum Gasteiger partial charge on any atom is -0.396 e. The molecule has 1 aromatic heterocycles. The van der Waals surface area contributed by atoms with Crippen molar-refractivity contribution in [1.82, 2.24) is 4.98 Å². The van der Waals surface area contributed by atoms with Crippen molar-refractivity contribution in [3.05, 3.63) is 23.7 Å². The fourth-order valence-corrected chi connectivity index (χ4v) is 2.08. The summed E-state index contributed by atoms with van der Waals surface area (Å²) in [6.07, 6.45) is 0. The third-order valence-corrected chi connectivity index (χ3v) is 3.32. The Balaban J connectivity index is 2.09. The third-order valence-electron chi connectivity index (χ3n) is 2.53. The second-order valence-electron chi connectivity index (χ2n) is 4.71. The van der Waals surface area contributed by atoms with Gasteiger partial charge in [0, 0.05) is 24.3 Å². The van der Waals surface area contributed by atoms with Crippen LogP contribution in [0.5, 0.6) is 0 Å². The Morgan fingerprint density at radius 2 is 2.25 bits per heavy atom. The number of benzene rings is 1. The van der Waals surface area contributed by atoms with E-state index in [0.29, 0.717) is 0 Å². The molecule has 0 bridgehead atoms. The van der Waals surface area contributed by atoms with Crippen LogP contribution >= 0.6 is 11.3 Å².